The largest absolute Gasteiger partial charge is 0.507 e. The maximum atomic E-state index is 13.5. The molecule has 2 aliphatic rings. The van der Waals surface area contributed by atoms with Gasteiger partial charge in [0.2, 0.25) is 0 Å². The third-order valence-corrected chi connectivity index (χ3v) is 5.75. The summed E-state index contributed by atoms with van der Waals surface area (Å²) in [6.07, 6.45) is 3.60. The fraction of sp³-hybridized carbons (Fsp3) is 0.304. The summed E-state index contributed by atoms with van der Waals surface area (Å²) in [5.74, 6) is -1.34. The SMILES string of the molecule is COc1ccc(C(O)=C2C(=O)C(=O)N(C3CCCC3)C2c2ccc(F)cc2)cc1. The number of Topliss-reactive ketones (excluding diaryl/α,β-unsaturated/α-hetero) is 1. The maximum absolute atomic E-state index is 13.5. The van der Waals surface area contributed by atoms with E-state index in [1.165, 1.54) is 19.2 Å². The molecule has 0 aromatic heterocycles. The number of carbonyl (C=O) groups excluding carboxylic acids is 2. The van der Waals surface area contributed by atoms with Crippen molar-refractivity contribution in [1.29, 1.82) is 0 Å². The molecule has 29 heavy (non-hydrogen) atoms. The summed E-state index contributed by atoms with van der Waals surface area (Å²) in [6, 6.07) is 11.6. The number of aliphatic hydroxyl groups is 1. The van der Waals surface area contributed by atoms with Crippen molar-refractivity contribution in [2.24, 2.45) is 0 Å². The smallest absolute Gasteiger partial charge is 0.295 e. The average Bonchev–Trinajstić information content (AvgIpc) is 3.35. The number of rotatable bonds is 4. The minimum atomic E-state index is -0.735. The molecule has 2 fully saturated rings. The number of carbonyl (C=O) groups is 2. The number of likely N-dealkylation sites (tertiary alicyclic amines) is 1. The van der Waals surface area contributed by atoms with Crippen molar-refractivity contribution >= 4 is 17.4 Å². The summed E-state index contributed by atoms with van der Waals surface area (Å²) in [6.45, 7) is 0. The Balaban J connectivity index is 1.85. The van der Waals surface area contributed by atoms with Crippen LogP contribution < -0.4 is 4.74 Å². The summed E-state index contributed by atoms with van der Waals surface area (Å²) in [5, 5.41) is 11.0. The van der Waals surface area contributed by atoms with Gasteiger partial charge in [-0.05, 0) is 54.8 Å². The van der Waals surface area contributed by atoms with E-state index in [9.17, 15) is 19.1 Å². The lowest BCUT2D eigenvalue weighted by Crippen LogP contribution is -2.37. The molecule has 1 amide bonds. The molecule has 6 heteroatoms. The lowest BCUT2D eigenvalue weighted by Gasteiger charge is -2.30. The van der Waals surface area contributed by atoms with Gasteiger partial charge in [-0.3, -0.25) is 9.59 Å². The predicted octanol–water partition coefficient (Wildman–Crippen LogP) is 4.20. The molecular weight excluding hydrogens is 373 g/mol. The maximum Gasteiger partial charge on any atom is 0.295 e. The Labute approximate surface area is 168 Å². The molecule has 1 saturated carbocycles. The zero-order valence-corrected chi connectivity index (χ0v) is 16.1. The topological polar surface area (TPSA) is 66.8 Å². The monoisotopic (exact) mass is 395 g/mol. The zero-order valence-electron chi connectivity index (χ0n) is 16.1. The molecule has 1 heterocycles. The second-order valence-corrected chi connectivity index (χ2v) is 7.42. The zero-order chi connectivity index (χ0) is 20.5. The van der Waals surface area contributed by atoms with E-state index in [1.54, 1.807) is 41.3 Å². The molecule has 1 atom stereocenters. The Morgan fingerprint density at radius 1 is 1.03 bits per heavy atom. The van der Waals surface area contributed by atoms with Crippen LogP contribution >= 0.6 is 0 Å². The van der Waals surface area contributed by atoms with Crippen molar-refractivity contribution in [3.63, 3.8) is 0 Å². The van der Waals surface area contributed by atoms with E-state index >= 15 is 0 Å². The first-order valence-electron chi connectivity index (χ1n) is 9.71. The highest BCUT2D eigenvalue weighted by Gasteiger charge is 2.49. The standard InChI is InChI=1S/C23H22FNO4/c1-29-18-12-8-15(9-13-18)21(26)19-20(14-6-10-16(24)11-7-14)25(23(28)22(19)27)17-4-2-3-5-17/h6-13,17,20,26H,2-5H2,1H3. The number of hydrogen-bond donors (Lipinski definition) is 1. The van der Waals surface area contributed by atoms with Crippen LogP contribution in [-0.4, -0.2) is 34.8 Å². The molecule has 1 aliphatic carbocycles. The molecule has 2 aromatic rings. The summed E-state index contributed by atoms with van der Waals surface area (Å²) >= 11 is 0. The molecule has 4 rings (SSSR count). The molecule has 1 unspecified atom stereocenters. The third-order valence-electron chi connectivity index (χ3n) is 5.75. The van der Waals surface area contributed by atoms with Gasteiger partial charge in [-0.15, -0.1) is 0 Å². The molecule has 0 spiro atoms. The fourth-order valence-electron chi connectivity index (χ4n) is 4.29. The van der Waals surface area contributed by atoms with Crippen LogP contribution in [0.1, 0.15) is 42.9 Å². The first kappa shape index (κ1) is 19.2. The summed E-state index contributed by atoms with van der Waals surface area (Å²) in [7, 11) is 1.54. The van der Waals surface area contributed by atoms with Gasteiger partial charge in [-0.2, -0.15) is 0 Å². The van der Waals surface area contributed by atoms with Crippen molar-refractivity contribution in [2.45, 2.75) is 37.8 Å². The number of ether oxygens (including phenoxy) is 1. The Hall–Kier alpha value is -3.15. The Morgan fingerprint density at radius 3 is 2.24 bits per heavy atom. The van der Waals surface area contributed by atoms with Gasteiger partial charge in [0.05, 0.1) is 18.7 Å². The summed E-state index contributed by atoms with van der Waals surface area (Å²) in [5.41, 5.74) is 1.06. The van der Waals surface area contributed by atoms with E-state index in [0.29, 0.717) is 16.9 Å². The van der Waals surface area contributed by atoms with Crippen molar-refractivity contribution in [2.75, 3.05) is 7.11 Å². The van der Waals surface area contributed by atoms with E-state index in [1.807, 2.05) is 0 Å². The van der Waals surface area contributed by atoms with Gasteiger partial charge in [0, 0.05) is 11.6 Å². The second-order valence-electron chi connectivity index (χ2n) is 7.42. The average molecular weight is 395 g/mol. The van der Waals surface area contributed by atoms with E-state index in [4.69, 9.17) is 4.74 Å². The van der Waals surface area contributed by atoms with Crippen molar-refractivity contribution < 1.29 is 23.8 Å². The number of hydrogen-bond acceptors (Lipinski definition) is 4. The first-order chi connectivity index (χ1) is 14.0. The number of benzene rings is 2. The number of halogens is 1. The fourth-order valence-corrected chi connectivity index (χ4v) is 4.29. The Bertz CT molecular complexity index is 959. The van der Waals surface area contributed by atoms with Crippen molar-refractivity contribution in [1.82, 2.24) is 4.90 Å². The molecule has 5 nitrogen and oxygen atoms in total. The molecular formula is C23H22FNO4. The molecule has 0 radical (unpaired) electrons. The van der Waals surface area contributed by atoms with Crippen LogP contribution in [0.4, 0.5) is 4.39 Å². The van der Waals surface area contributed by atoms with Gasteiger partial charge in [-0.25, -0.2) is 4.39 Å². The summed E-state index contributed by atoms with van der Waals surface area (Å²) < 4.78 is 18.6. The van der Waals surface area contributed by atoms with Gasteiger partial charge < -0.3 is 14.7 Å². The molecule has 1 aliphatic heterocycles. The Kier molecular flexibility index (Phi) is 5.09. The molecule has 1 N–H and O–H groups in total. The number of methoxy groups -OCH3 is 1. The van der Waals surface area contributed by atoms with Crippen LogP contribution in [0.3, 0.4) is 0 Å². The van der Waals surface area contributed by atoms with Crippen LogP contribution in [0.2, 0.25) is 0 Å². The minimum absolute atomic E-state index is 0.0404. The van der Waals surface area contributed by atoms with Crippen LogP contribution in [-0.2, 0) is 9.59 Å². The quantitative estimate of drug-likeness (QED) is 0.479. The van der Waals surface area contributed by atoms with Crippen LogP contribution in [0.15, 0.2) is 54.1 Å². The normalized spacial score (nSPS) is 21.7. The predicted molar refractivity (Wildman–Crippen MR) is 106 cm³/mol. The number of nitrogens with zero attached hydrogens (tertiary/aromatic N) is 1. The van der Waals surface area contributed by atoms with Gasteiger partial charge in [0.1, 0.15) is 17.3 Å². The van der Waals surface area contributed by atoms with E-state index in [0.717, 1.165) is 25.7 Å². The second kappa shape index (κ2) is 7.70. The number of ketones is 1. The van der Waals surface area contributed by atoms with E-state index in [2.05, 4.69) is 0 Å². The van der Waals surface area contributed by atoms with Gasteiger partial charge in [0.15, 0.2) is 0 Å². The number of aliphatic hydroxyl groups excluding tert-OH is 1. The number of amides is 1. The highest BCUT2D eigenvalue weighted by Crippen LogP contribution is 2.43. The third kappa shape index (κ3) is 3.39. The highest BCUT2D eigenvalue weighted by atomic mass is 19.1. The highest BCUT2D eigenvalue weighted by molar-refractivity contribution is 6.46. The van der Waals surface area contributed by atoms with E-state index in [-0.39, 0.29) is 17.4 Å². The van der Waals surface area contributed by atoms with Crippen molar-refractivity contribution in [3.8, 4) is 5.75 Å². The molecule has 0 bridgehead atoms. The van der Waals surface area contributed by atoms with Crippen LogP contribution in [0.25, 0.3) is 5.76 Å². The van der Waals surface area contributed by atoms with Crippen LogP contribution in [0, 0.1) is 5.82 Å². The van der Waals surface area contributed by atoms with Gasteiger partial charge in [0.25, 0.3) is 11.7 Å². The van der Waals surface area contributed by atoms with Gasteiger partial charge >= 0.3 is 0 Å². The Morgan fingerprint density at radius 2 is 1.66 bits per heavy atom. The molecule has 2 aromatic carbocycles. The summed E-state index contributed by atoms with van der Waals surface area (Å²) in [4.78, 5) is 27.5. The lowest BCUT2D eigenvalue weighted by atomic mass is 9.94. The van der Waals surface area contributed by atoms with Crippen molar-refractivity contribution in [3.05, 3.63) is 71.0 Å². The molecule has 1 saturated heterocycles. The van der Waals surface area contributed by atoms with E-state index < -0.39 is 23.5 Å². The first-order valence-corrected chi connectivity index (χ1v) is 9.71. The lowest BCUT2D eigenvalue weighted by molar-refractivity contribution is -0.141. The van der Waals surface area contributed by atoms with Crippen LogP contribution in [0.5, 0.6) is 5.75 Å². The minimum Gasteiger partial charge on any atom is -0.507 e. The molecule has 150 valence electrons. The van der Waals surface area contributed by atoms with Gasteiger partial charge in [-0.1, -0.05) is 25.0 Å².